The Morgan fingerprint density at radius 3 is 2.75 bits per heavy atom. The number of aryl methyl sites for hydroxylation is 3. The summed E-state index contributed by atoms with van der Waals surface area (Å²) in [4.78, 5) is 37.1. The second kappa shape index (κ2) is 9.08. The van der Waals surface area contributed by atoms with E-state index < -0.39 is 22.8 Å². The summed E-state index contributed by atoms with van der Waals surface area (Å²) < 4.78 is 1.80. The number of likely N-dealkylation sites (tertiary alicyclic amines) is 1. The number of carboxylic acids is 1. The molecule has 0 aromatic carbocycles. The standard InChI is InChI=1S/C23H35N5O3S/c1-5-17-25-15(2)13-27(17)10-6-7-16-8-11-26(12-9-16)14-24-18-20(29)28-19(22(30)31)23(3,4)32-21(18)28/h13-14,16,18-19,21H,5-12H2,1-4H3,(H,30,31)/t18-,19+,21-/m1/s1. The number of piperidine rings is 1. The van der Waals surface area contributed by atoms with Crippen LogP contribution in [0.5, 0.6) is 0 Å². The van der Waals surface area contributed by atoms with E-state index in [9.17, 15) is 14.7 Å². The van der Waals surface area contributed by atoms with Crippen LogP contribution in [-0.2, 0) is 22.6 Å². The number of thioether (sulfide) groups is 1. The van der Waals surface area contributed by atoms with Crippen LogP contribution in [0, 0.1) is 12.8 Å². The van der Waals surface area contributed by atoms with Crippen molar-refractivity contribution in [1.82, 2.24) is 19.4 Å². The number of amides is 1. The number of hydrogen-bond acceptors (Lipinski definition) is 5. The summed E-state index contributed by atoms with van der Waals surface area (Å²) in [6, 6.07) is -1.22. The number of nitrogens with zero attached hydrogens (tertiary/aromatic N) is 5. The first-order chi connectivity index (χ1) is 15.2. The summed E-state index contributed by atoms with van der Waals surface area (Å²) in [5.41, 5.74) is 1.10. The van der Waals surface area contributed by atoms with Crippen molar-refractivity contribution in [3.63, 3.8) is 0 Å². The predicted octanol–water partition coefficient (Wildman–Crippen LogP) is 2.79. The molecule has 3 aliphatic heterocycles. The fourth-order valence-electron chi connectivity index (χ4n) is 5.28. The Morgan fingerprint density at radius 1 is 1.38 bits per heavy atom. The van der Waals surface area contributed by atoms with Gasteiger partial charge < -0.3 is 19.5 Å². The van der Waals surface area contributed by atoms with Gasteiger partial charge in [0, 0.05) is 37.0 Å². The van der Waals surface area contributed by atoms with E-state index in [1.165, 1.54) is 23.6 Å². The number of hydrogen-bond donors (Lipinski definition) is 1. The summed E-state index contributed by atoms with van der Waals surface area (Å²) in [6.45, 7) is 11.0. The second-order valence-electron chi connectivity index (χ2n) is 9.77. The lowest BCUT2D eigenvalue weighted by molar-refractivity contribution is -0.158. The number of aromatic nitrogens is 2. The predicted molar refractivity (Wildman–Crippen MR) is 126 cm³/mol. The number of carbonyl (C=O) groups excluding carboxylic acids is 1. The average molecular weight is 462 g/mol. The summed E-state index contributed by atoms with van der Waals surface area (Å²) in [6.07, 6.45) is 9.65. The third kappa shape index (κ3) is 4.40. The number of rotatable bonds is 8. The van der Waals surface area contributed by atoms with Gasteiger partial charge in [-0.3, -0.25) is 9.79 Å². The maximum Gasteiger partial charge on any atom is 0.327 e. The van der Waals surface area contributed by atoms with Gasteiger partial charge >= 0.3 is 5.97 Å². The molecule has 4 heterocycles. The first-order valence-corrected chi connectivity index (χ1v) is 12.6. The monoisotopic (exact) mass is 461 g/mol. The number of imidazole rings is 1. The highest BCUT2D eigenvalue weighted by molar-refractivity contribution is 8.01. The molecule has 8 nitrogen and oxygen atoms in total. The molecule has 0 bridgehead atoms. The fraction of sp³-hybridized carbons (Fsp3) is 0.739. The molecule has 0 spiro atoms. The number of carbonyl (C=O) groups is 2. The Morgan fingerprint density at radius 2 is 2.09 bits per heavy atom. The average Bonchev–Trinajstić information content (AvgIpc) is 3.23. The van der Waals surface area contributed by atoms with Gasteiger partial charge in [-0.1, -0.05) is 6.92 Å². The lowest BCUT2D eigenvalue weighted by atomic mass is 9.92. The highest BCUT2D eigenvalue weighted by Gasteiger charge is 2.63. The molecule has 0 aliphatic carbocycles. The molecule has 0 saturated carbocycles. The van der Waals surface area contributed by atoms with E-state index in [0.29, 0.717) is 0 Å². The van der Waals surface area contributed by atoms with Crippen LogP contribution in [0.4, 0.5) is 0 Å². The largest absolute Gasteiger partial charge is 0.480 e. The highest BCUT2D eigenvalue weighted by Crippen LogP contribution is 2.51. The van der Waals surface area contributed by atoms with Crippen LogP contribution in [0.3, 0.4) is 0 Å². The molecular weight excluding hydrogens is 426 g/mol. The van der Waals surface area contributed by atoms with E-state index in [2.05, 4.69) is 39.5 Å². The summed E-state index contributed by atoms with van der Waals surface area (Å²) in [5.74, 6) is 0.818. The number of aliphatic imine (C=N–C) groups is 1. The molecule has 9 heteroatoms. The molecule has 1 N–H and O–H groups in total. The van der Waals surface area contributed by atoms with E-state index >= 15 is 0 Å². The van der Waals surface area contributed by atoms with Crippen LogP contribution in [0.25, 0.3) is 0 Å². The first-order valence-electron chi connectivity index (χ1n) is 11.7. The summed E-state index contributed by atoms with van der Waals surface area (Å²) in [7, 11) is 0. The van der Waals surface area contributed by atoms with Gasteiger partial charge in [0.1, 0.15) is 17.2 Å². The van der Waals surface area contributed by atoms with Crippen LogP contribution in [-0.4, -0.2) is 78.0 Å². The minimum atomic E-state index is -0.933. The number of β-lactam (4-membered cyclic amide) rings is 1. The van der Waals surface area contributed by atoms with E-state index in [1.54, 1.807) is 11.8 Å². The van der Waals surface area contributed by atoms with Crippen molar-refractivity contribution in [3.8, 4) is 0 Å². The second-order valence-corrected chi connectivity index (χ2v) is 11.5. The first kappa shape index (κ1) is 23.1. The Hall–Kier alpha value is -2.03. The maximum atomic E-state index is 12.6. The highest BCUT2D eigenvalue weighted by atomic mass is 32.2. The zero-order valence-corrected chi connectivity index (χ0v) is 20.3. The molecule has 0 unspecified atom stereocenters. The van der Waals surface area contributed by atoms with Crippen LogP contribution in [0.2, 0.25) is 0 Å². The van der Waals surface area contributed by atoms with Crippen molar-refractivity contribution in [2.75, 3.05) is 13.1 Å². The van der Waals surface area contributed by atoms with Crippen molar-refractivity contribution in [2.24, 2.45) is 10.9 Å². The molecule has 3 fully saturated rings. The molecule has 32 heavy (non-hydrogen) atoms. The van der Waals surface area contributed by atoms with Crippen molar-refractivity contribution in [1.29, 1.82) is 0 Å². The van der Waals surface area contributed by atoms with Gasteiger partial charge in [-0.2, -0.15) is 0 Å². The lowest BCUT2D eigenvalue weighted by Gasteiger charge is -2.41. The molecule has 0 radical (unpaired) electrons. The van der Waals surface area contributed by atoms with Crippen molar-refractivity contribution in [2.45, 2.75) is 88.5 Å². The molecule has 176 valence electrons. The Balaban J connectivity index is 1.22. The van der Waals surface area contributed by atoms with Crippen LogP contribution < -0.4 is 0 Å². The smallest absolute Gasteiger partial charge is 0.327 e. The Kier molecular flexibility index (Phi) is 6.56. The van der Waals surface area contributed by atoms with Crippen LogP contribution in [0.1, 0.15) is 58.0 Å². The van der Waals surface area contributed by atoms with Crippen molar-refractivity contribution < 1.29 is 14.7 Å². The van der Waals surface area contributed by atoms with Gasteiger partial charge in [-0.25, -0.2) is 9.78 Å². The summed E-state index contributed by atoms with van der Waals surface area (Å²) >= 11 is 1.55. The van der Waals surface area contributed by atoms with Gasteiger partial charge in [0.15, 0.2) is 6.04 Å². The van der Waals surface area contributed by atoms with Gasteiger partial charge in [0.05, 0.1) is 12.0 Å². The van der Waals surface area contributed by atoms with E-state index in [-0.39, 0.29) is 11.3 Å². The molecule has 1 amide bonds. The van der Waals surface area contributed by atoms with Crippen molar-refractivity contribution >= 4 is 30.0 Å². The molecule has 3 aliphatic rings. The van der Waals surface area contributed by atoms with Crippen LogP contribution >= 0.6 is 11.8 Å². The van der Waals surface area contributed by atoms with Crippen LogP contribution in [0.15, 0.2) is 11.2 Å². The van der Waals surface area contributed by atoms with E-state index in [1.807, 2.05) is 20.2 Å². The van der Waals surface area contributed by atoms with Crippen molar-refractivity contribution in [3.05, 3.63) is 17.7 Å². The lowest BCUT2D eigenvalue weighted by Crippen LogP contribution is -2.65. The minimum absolute atomic E-state index is 0.159. The van der Waals surface area contributed by atoms with Gasteiger partial charge in [-0.15, -0.1) is 11.8 Å². The SMILES string of the molecule is CCc1nc(C)cn1CCCC1CCN(C=N[C@@H]2C(=O)N3[C@@H]2SC(C)(C)[C@@H]3C(=O)O)CC1. The normalized spacial score (nSPS) is 27.8. The van der Waals surface area contributed by atoms with E-state index in [0.717, 1.165) is 50.5 Å². The number of fused-ring (bicyclic) bond motifs is 1. The molecule has 1 aromatic rings. The maximum absolute atomic E-state index is 12.6. The minimum Gasteiger partial charge on any atom is -0.480 e. The van der Waals surface area contributed by atoms with Gasteiger partial charge in [-0.05, 0) is 52.4 Å². The molecule has 1 aromatic heterocycles. The zero-order valence-electron chi connectivity index (χ0n) is 19.5. The van der Waals surface area contributed by atoms with Gasteiger partial charge in [0.2, 0.25) is 0 Å². The van der Waals surface area contributed by atoms with Gasteiger partial charge in [0.25, 0.3) is 5.91 Å². The molecular formula is C23H35N5O3S. The topological polar surface area (TPSA) is 91.0 Å². The fourth-order valence-corrected chi connectivity index (χ4v) is 6.90. The Labute approximate surface area is 194 Å². The molecule has 3 saturated heterocycles. The number of aliphatic carboxylic acids is 1. The zero-order chi connectivity index (χ0) is 23.0. The quantitative estimate of drug-likeness (QED) is 0.364. The third-order valence-electron chi connectivity index (χ3n) is 6.99. The molecule has 3 atom stereocenters. The number of carboxylic acid groups (broad SMARTS) is 1. The third-order valence-corrected chi connectivity index (χ3v) is 8.55. The summed E-state index contributed by atoms with van der Waals surface area (Å²) in [5, 5.41) is 9.37. The molecule has 4 rings (SSSR count). The Bertz CT molecular complexity index is 890. The van der Waals surface area contributed by atoms with E-state index in [4.69, 9.17) is 0 Å².